The molecule has 0 aliphatic carbocycles. The van der Waals surface area contributed by atoms with Crippen LogP contribution < -0.4 is 10.1 Å². The maximum atomic E-state index is 9.46. The first-order valence-electron chi connectivity index (χ1n) is 4.31. The molecule has 0 saturated heterocycles. The van der Waals surface area contributed by atoms with Crippen LogP contribution in [0.4, 0.5) is 0 Å². The molecule has 1 unspecified atom stereocenters. The van der Waals surface area contributed by atoms with Gasteiger partial charge < -0.3 is 15.2 Å². The normalized spacial score (nSPS) is 12.4. The smallest absolute Gasteiger partial charge is 0.245 e. The number of ether oxygens (including phenoxy) is 1. The van der Waals surface area contributed by atoms with Crippen molar-refractivity contribution < 1.29 is 9.84 Å². The van der Waals surface area contributed by atoms with Crippen molar-refractivity contribution in [3.05, 3.63) is 17.8 Å². The molecule has 2 N–H and O–H groups in total. The molecule has 0 aromatic carbocycles. The van der Waals surface area contributed by atoms with E-state index in [0.29, 0.717) is 24.0 Å². The van der Waals surface area contributed by atoms with E-state index in [1.807, 2.05) is 0 Å². The molecule has 0 radical (unpaired) electrons. The van der Waals surface area contributed by atoms with Crippen LogP contribution in [0.2, 0.25) is 0 Å². The van der Waals surface area contributed by atoms with Crippen LogP contribution in [-0.2, 0) is 0 Å². The fourth-order valence-electron chi connectivity index (χ4n) is 0.835. The van der Waals surface area contributed by atoms with Crippen molar-refractivity contribution in [2.24, 2.45) is 0 Å². The predicted octanol–water partition coefficient (Wildman–Crippen LogP) is 0.620. The van der Waals surface area contributed by atoms with Crippen molar-refractivity contribution >= 4 is 23.3 Å². The summed E-state index contributed by atoms with van der Waals surface area (Å²) in [6.07, 6.45) is 0.897. The number of rotatable bonds is 7. The lowest BCUT2D eigenvalue weighted by atomic mass is 10.4. The van der Waals surface area contributed by atoms with Gasteiger partial charge in [-0.1, -0.05) is 18.2 Å². The lowest BCUT2D eigenvalue weighted by Gasteiger charge is -2.11. The maximum absolute atomic E-state index is 9.46. The molecule has 1 aromatic heterocycles. The Kier molecular flexibility index (Phi) is 5.56. The number of nitrogens with one attached hydrogen (secondary N) is 1. The van der Waals surface area contributed by atoms with Gasteiger partial charge in [0.05, 0.1) is 11.7 Å². The number of aliphatic hydroxyl groups excluding tert-OH is 1. The Morgan fingerprint density at radius 3 is 3.20 bits per heavy atom. The lowest BCUT2D eigenvalue weighted by molar-refractivity contribution is 0.105. The van der Waals surface area contributed by atoms with Gasteiger partial charge in [0.15, 0.2) is 0 Å². The molecule has 1 heterocycles. The van der Waals surface area contributed by atoms with Gasteiger partial charge in [-0.15, -0.1) is 4.37 Å². The van der Waals surface area contributed by atoms with Crippen LogP contribution in [0.5, 0.6) is 5.88 Å². The molecule has 0 aliphatic rings. The molecular formula is C8H12ClN3O2S. The molecule has 0 amide bonds. The highest BCUT2D eigenvalue weighted by Crippen LogP contribution is 2.05. The molecule has 0 fully saturated rings. The van der Waals surface area contributed by atoms with E-state index in [9.17, 15) is 5.11 Å². The third-order valence-electron chi connectivity index (χ3n) is 1.46. The molecule has 15 heavy (non-hydrogen) atoms. The van der Waals surface area contributed by atoms with Gasteiger partial charge in [0.1, 0.15) is 18.9 Å². The van der Waals surface area contributed by atoms with Crippen molar-refractivity contribution in [3.8, 4) is 5.88 Å². The monoisotopic (exact) mass is 249 g/mol. The summed E-state index contributed by atoms with van der Waals surface area (Å²) >= 11 is 6.59. The Morgan fingerprint density at radius 2 is 2.60 bits per heavy atom. The van der Waals surface area contributed by atoms with E-state index in [-0.39, 0.29) is 6.61 Å². The van der Waals surface area contributed by atoms with Crippen LogP contribution in [0.15, 0.2) is 17.8 Å². The molecule has 1 atom stereocenters. The highest BCUT2D eigenvalue weighted by Gasteiger charge is 2.05. The summed E-state index contributed by atoms with van der Waals surface area (Å²) in [7, 11) is 0. The van der Waals surface area contributed by atoms with Crippen molar-refractivity contribution in [1.29, 1.82) is 0 Å². The molecule has 0 spiro atoms. The Morgan fingerprint density at radius 1 is 1.80 bits per heavy atom. The number of aliphatic hydroxyl groups is 1. The molecule has 0 aliphatic heterocycles. The van der Waals surface area contributed by atoms with Crippen LogP contribution in [0, 0.1) is 0 Å². The second-order valence-electron chi connectivity index (χ2n) is 2.86. The second-order valence-corrected chi connectivity index (χ2v) is 3.95. The second kappa shape index (κ2) is 6.73. The van der Waals surface area contributed by atoms with Gasteiger partial charge in [-0.2, -0.15) is 4.37 Å². The highest BCUT2D eigenvalue weighted by molar-refractivity contribution is 6.99. The van der Waals surface area contributed by atoms with E-state index >= 15 is 0 Å². The molecule has 84 valence electrons. The molecule has 5 nitrogen and oxygen atoms in total. The van der Waals surface area contributed by atoms with E-state index < -0.39 is 6.10 Å². The van der Waals surface area contributed by atoms with Crippen LogP contribution >= 0.6 is 23.3 Å². The van der Waals surface area contributed by atoms with E-state index in [2.05, 4.69) is 20.6 Å². The van der Waals surface area contributed by atoms with Crippen molar-refractivity contribution in [1.82, 2.24) is 14.1 Å². The number of hydrogen-bond donors (Lipinski definition) is 2. The van der Waals surface area contributed by atoms with Gasteiger partial charge in [0.2, 0.25) is 5.88 Å². The SMILES string of the molecule is C=C(Cl)CNCC(O)COc1cnsn1. The molecule has 1 aromatic rings. The standard InChI is InChI=1S/C8H12ClN3O2S/c1-6(9)2-10-3-7(13)5-14-8-4-11-15-12-8/h4,7,10,13H,1-3,5H2. The van der Waals surface area contributed by atoms with E-state index in [0.717, 1.165) is 11.7 Å². The van der Waals surface area contributed by atoms with Crippen molar-refractivity contribution in [2.75, 3.05) is 19.7 Å². The van der Waals surface area contributed by atoms with Gasteiger partial charge in [-0.3, -0.25) is 0 Å². The summed E-state index contributed by atoms with van der Waals surface area (Å²) in [5, 5.41) is 12.9. The first-order valence-corrected chi connectivity index (χ1v) is 5.41. The quantitative estimate of drug-likeness (QED) is 0.742. The Hall–Kier alpha value is -0.690. The summed E-state index contributed by atoms with van der Waals surface area (Å²) in [6.45, 7) is 4.55. The molecular weight excluding hydrogens is 238 g/mol. The molecule has 0 saturated carbocycles. The van der Waals surface area contributed by atoms with Gasteiger partial charge >= 0.3 is 0 Å². The predicted molar refractivity (Wildman–Crippen MR) is 59.3 cm³/mol. The summed E-state index contributed by atoms with van der Waals surface area (Å²) in [4.78, 5) is 0. The Balaban J connectivity index is 2.08. The third-order valence-corrected chi connectivity index (χ3v) is 2.06. The van der Waals surface area contributed by atoms with E-state index in [4.69, 9.17) is 16.3 Å². The number of nitrogens with zero attached hydrogens (tertiary/aromatic N) is 2. The minimum Gasteiger partial charge on any atom is -0.473 e. The highest BCUT2D eigenvalue weighted by atomic mass is 35.5. The topological polar surface area (TPSA) is 67.3 Å². The van der Waals surface area contributed by atoms with E-state index in [1.54, 1.807) is 0 Å². The van der Waals surface area contributed by atoms with Gasteiger partial charge in [0.25, 0.3) is 0 Å². The Bertz CT molecular complexity index is 294. The largest absolute Gasteiger partial charge is 0.473 e. The minimum atomic E-state index is -0.609. The average Bonchev–Trinajstić information content (AvgIpc) is 2.66. The molecule has 0 bridgehead atoms. The minimum absolute atomic E-state index is 0.174. The van der Waals surface area contributed by atoms with Gasteiger partial charge in [-0.25, -0.2) is 0 Å². The summed E-state index contributed by atoms with van der Waals surface area (Å²) in [6, 6.07) is 0. The van der Waals surface area contributed by atoms with Crippen molar-refractivity contribution in [2.45, 2.75) is 6.10 Å². The van der Waals surface area contributed by atoms with Crippen molar-refractivity contribution in [3.63, 3.8) is 0 Å². The number of halogens is 1. The maximum Gasteiger partial charge on any atom is 0.245 e. The molecule has 7 heteroatoms. The lowest BCUT2D eigenvalue weighted by Crippen LogP contribution is -2.32. The average molecular weight is 250 g/mol. The van der Waals surface area contributed by atoms with E-state index in [1.165, 1.54) is 6.20 Å². The first-order chi connectivity index (χ1) is 7.18. The van der Waals surface area contributed by atoms with Gasteiger partial charge in [-0.05, 0) is 0 Å². The summed E-state index contributed by atoms with van der Waals surface area (Å²) in [5.74, 6) is 0.431. The third kappa shape index (κ3) is 5.68. The van der Waals surface area contributed by atoms with Gasteiger partial charge in [0, 0.05) is 18.1 Å². The van der Waals surface area contributed by atoms with Crippen LogP contribution in [0.25, 0.3) is 0 Å². The summed E-state index contributed by atoms with van der Waals surface area (Å²) < 4.78 is 12.8. The van der Waals surface area contributed by atoms with Crippen LogP contribution in [0.3, 0.4) is 0 Å². The number of hydrogen-bond acceptors (Lipinski definition) is 6. The zero-order valence-corrected chi connectivity index (χ0v) is 9.59. The fraction of sp³-hybridized carbons (Fsp3) is 0.500. The number of aromatic nitrogens is 2. The van der Waals surface area contributed by atoms with Crippen LogP contribution in [0.1, 0.15) is 0 Å². The van der Waals surface area contributed by atoms with Crippen LogP contribution in [-0.4, -0.2) is 39.7 Å². The summed E-state index contributed by atoms with van der Waals surface area (Å²) in [5.41, 5.74) is 0. The first kappa shape index (κ1) is 12.4. The fourth-order valence-corrected chi connectivity index (χ4v) is 1.29. The Labute approximate surface area is 97.1 Å². The zero-order chi connectivity index (χ0) is 11.1. The zero-order valence-electron chi connectivity index (χ0n) is 8.02. The molecule has 1 rings (SSSR count).